The van der Waals surface area contributed by atoms with Crippen LogP contribution < -0.4 is 4.74 Å². The van der Waals surface area contributed by atoms with Crippen molar-refractivity contribution in [1.29, 1.82) is 0 Å². The van der Waals surface area contributed by atoms with Gasteiger partial charge in [-0.25, -0.2) is 9.78 Å². The molecule has 0 fully saturated rings. The van der Waals surface area contributed by atoms with Crippen molar-refractivity contribution in [3.63, 3.8) is 0 Å². The summed E-state index contributed by atoms with van der Waals surface area (Å²) in [5.41, 5.74) is 0.505. The van der Waals surface area contributed by atoms with Crippen molar-refractivity contribution in [3.8, 4) is 5.88 Å². The molecular weight excluding hydrogens is 198 g/mol. The Hall–Kier alpha value is -1.62. The third kappa shape index (κ3) is 2.92. The summed E-state index contributed by atoms with van der Waals surface area (Å²) in [5.74, 6) is -0.580. The maximum absolute atomic E-state index is 10.9. The highest BCUT2D eigenvalue weighted by Crippen LogP contribution is 2.18. The lowest BCUT2D eigenvalue weighted by molar-refractivity contribution is -0.150. The Bertz CT molecular complexity index is 323. The first-order valence-corrected chi connectivity index (χ1v) is 4.53. The number of methoxy groups -OCH3 is 1. The number of pyridine rings is 1. The summed E-state index contributed by atoms with van der Waals surface area (Å²) >= 11 is 0. The fourth-order valence-electron chi connectivity index (χ4n) is 1.14. The summed E-state index contributed by atoms with van der Waals surface area (Å²) in [6, 6.07) is 3.23. The molecule has 1 aromatic heterocycles. The maximum Gasteiger partial charge on any atom is 0.337 e. The third-order valence-electron chi connectivity index (χ3n) is 1.83. The van der Waals surface area contributed by atoms with Crippen LogP contribution in [0.25, 0.3) is 0 Å². The summed E-state index contributed by atoms with van der Waals surface area (Å²) in [6.07, 6.45) is 0.473. The summed E-state index contributed by atoms with van der Waals surface area (Å²) < 4.78 is 9.95. The van der Waals surface area contributed by atoms with Crippen molar-refractivity contribution < 1.29 is 19.4 Å². The molecule has 0 aliphatic carbocycles. The molecule has 0 aromatic carbocycles. The van der Waals surface area contributed by atoms with E-state index < -0.39 is 12.1 Å². The minimum atomic E-state index is -1.02. The SMILES string of the molecule is CCOC(C(=O)O)c1ccc(OC)nc1. The lowest BCUT2D eigenvalue weighted by atomic mass is 10.1. The molecule has 0 aliphatic heterocycles. The predicted octanol–water partition coefficient (Wildman–Crippen LogP) is 1.25. The Labute approximate surface area is 87.7 Å². The summed E-state index contributed by atoms with van der Waals surface area (Å²) in [7, 11) is 1.50. The lowest BCUT2D eigenvalue weighted by Crippen LogP contribution is -2.15. The zero-order chi connectivity index (χ0) is 11.3. The van der Waals surface area contributed by atoms with E-state index in [0.29, 0.717) is 18.1 Å². The Morgan fingerprint density at radius 2 is 2.33 bits per heavy atom. The van der Waals surface area contributed by atoms with Crippen LogP contribution in [-0.2, 0) is 9.53 Å². The Kier molecular flexibility index (Phi) is 4.05. The van der Waals surface area contributed by atoms with Gasteiger partial charge in [0, 0.05) is 24.4 Å². The average Bonchev–Trinajstić information content (AvgIpc) is 2.26. The first-order valence-electron chi connectivity index (χ1n) is 4.53. The van der Waals surface area contributed by atoms with E-state index in [2.05, 4.69) is 4.98 Å². The molecule has 1 N–H and O–H groups in total. The molecule has 1 rings (SSSR count). The Morgan fingerprint density at radius 3 is 2.73 bits per heavy atom. The number of aromatic nitrogens is 1. The van der Waals surface area contributed by atoms with E-state index in [1.165, 1.54) is 13.3 Å². The average molecular weight is 211 g/mol. The van der Waals surface area contributed by atoms with Gasteiger partial charge in [0.25, 0.3) is 0 Å². The van der Waals surface area contributed by atoms with Gasteiger partial charge in [-0.1, -0.05) is 0 Å². The molecule has 0 saturated carbocycles. The van der Waals surface area contributed by atoms with Crippen LogP contribution in [0.2, 0.25) is 0 Å². The van der Waals surface area contributed by atoms with Crippen LogP contribution in [0, 0.1) is 0 Å². The number of hydrogen-bond acceptors (Lipinski definition) is 4. The zero-order valence-electron chi connectivity index (χ0n) is 8.64. The van der Waals surface area contributed by atoms with Crippen LogP contribution in [0.1, 0.15) is 18.6 Å². The van der Waals surface area contributed by atoms with Crippen molar-refractivity contribution in [2.45, 2.75) is 13.0 Å². The minimum Gasteiger partial charge on any atom is -0.481 e. The second-order valence-corrected chi connectivity index (χ2v) is 2.81. The van der Waals surface area contributed by atoms with E-state index in [9.17, 15) is 4.79 Å². The van der Waals surface area contributed by atoms with E-state index in [0.717, 1.165) is 0 Å². The Balaban J connectivity index is 2.86. The largest absolute Gasteiger partial charge is 0.481 e. The van der Waals surface area contributed by atoms with E-state index >= 15 is 0 Å². The fraction of sp³-hybridized carbons (Fsp3) is 0.400. The van der Waals surface area contributed by atoms with Gasteiger partial charge in [0.2, 0.25) is 5.88 Å². The molecular formula is C10H13NO4. The van der Waals surface area contributed by atoms with Crippen LogP contribution in [0.5, 0.6) is 5.88 Å². The highest BCUT2D eigenvalue weighted by molar-refractivity contribution is 5.74. The number of rotatable bonds is 5. The molecule has 1 unspecified atom stereocenters. The molecule has 15 heavy (non-hydrogen) atoms. The highest BCUT2D eigenvalue weighted by atomic mass is 16.5. The van der Waals surface area contributed by atoms with Crippen molar-refractivity contribution in [2.24, 2.45) is 0 Å². The van der Waals surface area contributed by atoms with Gasteiger partial charge in [-0.3, -0.25) is 0 Å². The van der Waals surface area contributed by atoms with Crippen LogP contribution >= 0.6 is 0 Å². The smallest absolute Gasteiger partial charge is 0.337 e. The number of carboxylic acids is 1. The van der Waals surface area contributed by atoms with E-state index in [1.54, 1.807) is 19.1 Å². The summed E-state index contributed by atoms with van der Waals surface area (Å²) in [6.45, 7) is 2.08. The van der Waals surface area contributed by atoms with Gasteiger partial charge in [-0.15, -0.1) is 0 Å². The van der Waals surface area contributed by atoms with Gasteiger partial charge in [0.15, 0.2) is 6.10 Å². The highest BCUT2D eigenvalue weighted by Gasteiger charge is 2.20. The van der Waals surface area contributed by atoms with Gasteiger partial charge < -0.3 is 14.6 Å². The van der Waals surface area contributed by atoms with Gasteiger partial charge in [-0.05, 0) is 13.0 Å². The van der Waals surface area contributed by atoms with Crippen LogP contribution in [0.15, 0.2) is 18.3 Å². The van der Waals surface area contributed by atoms with Gasteiger partial charge in [0.1, 0.15) is 0 Å². The standard InChI is InChI=1S/C10H13NO4/c1-3-15-9(10(12)13)7-4-5-8(14-2)11-6-7/h4-6,9H,3H2,1-2H3,(H,12,13). The molecule has 0 aliphatic rings. The first kappa shape index (κ1) is 11.5. The van der Waals surface area contributed by atoms with E-state index in [1.807, 2.05) is 0 Å². The van der Waals surface area contributed by atoms with Crippen molar-refractivity contribution in [2.75, 3.05) is 13.7 Å². The quantitative estimate of drug-likeness (QED) is 0.793. The fourth-order valence-corrected chi connectivity index (χ4v) is 1.14. The van der Waals surface area contributed by atoms with Crippen LogP contribution in [0.3, 0.4) is 0 Å². The second-order valence-electron chi connectivity index (χ2n) is 2.81. The van der Waals surface area contributed by atoms with E-state index in [4.69, 9.17) is 14.6 Å². The second kappa shape index (κ2) is 5.31. The van der Waals surface area contributed by atoms with Crippen LogP contribution in [-0.4, -0.2) is 29.8 Å². The lowest BCUT2D eigenvalue weighted by Gasteiger charge is -2.12. The molecule has 0 saturated heterocycles. The molecule has 1 aromatic rings. The molecule has 5 nitrogen and oxygen atoms in total. The molecule has 82 valence electrons. The van der Waals surface area contributed by atoms with Crippen molar-refractivity contribution in [3.05, 3.63) is 23.9 Å². The molecule has 0 radical (unpaired) electrons. The molecule has 0 bridgehead atoms. The molecule has 0 spiro atoms. The monoisotopic (exact) mass is 211 g/mol. The number of ether oxygens (including phenoxy) is 2. The van der Waals surface area contributed by atoms with E-state index in [-0.39, 0.29) is 0 Å². The normalized spacial score (nSPS) is 12.1. The van der Waals surface area contributed by atoms with Crippen molar-refractivity contribution >= 4 is 5.97 Å². The van der Waals surface area contributed by atoms with Crippen molar-refractivity contribution in [1.82, 2.24) is 4.98 Å². The number of carboxylic acid groups (broad SMARTS) is 1. The number of aliphatic carboxylic acids is 1. The number of hydrogen-bond donors (Lipinski definition) is 1. The summed E-state index contributed by atoms with van der Waals surface area (Å²) in [4.78, 5) is 14.8. The number of carbonyl (C=O) groups is 1. The maximum atomic E-state index is 10.9. The molecule has 0 amide bonds. The van der Waals surface area contributed by atoms with Gasteiger partial charge in [-0.2, -0.15) is 0 Å². The summed E-state index contributed by atoms with van der Waals surface area (Å²) in [5, 5.41) is 8.90. The molecule has 1 atom stereocenters. The van der Waals surface area contributed by atoms with Gasteiger partial charge >= 0.3 is 5.97 Å². The topological polar surface area (TPSA) is 68.7 Å². The zero-order valence-corrected chi connectivity index (χ0v) is 8.64. The Morgan fingerprint density at radius 1 is 1.60 bits per heavy atom. The number of nitrogens with zero attached hydrogens (tertiary/aromatic N) is 1. The third-order valence-corrected chi connectivity index (χ3v) is 1.83. The first-order chi connectivity index (χ1) is 7.19. The van der Waals surface area contributed by atoms with Crippen LogP contribution in [0.4, 0.5) is 0 Å². The predicted molar refractivity (Wildman–Crippen MR) is 52.8 cm³/mol. The van der Waals surface area contributed by atoms with Gasteiger partial charge in [0.05, 0.1) is 7.11 Å². The molecule has 1 heterocycles. The molecule has 5 heteroatoms. The minimum absolute atomic E-state index is 0.336.